The van der Waals surface area contributed by atoms with Gasteiger partial charge in [0.1, 0.15) is 6.61 Å². The molecule has 0 aliphatic carbocycles. The van der Waals surface area contributed by atoms with E-state index in [2.05, 4.69) is 13.8 Å². The van der Waals surface area contributed by atoms with Crippen molar-refractivity contribution < 1.29 is 37.6 Å². The first-order valence-electron chi connectivity index (χ1n) is 18.3. The summed E-state index contributed by atoms with van der Waals surface area (Å²) in [7, 11) is -4.26. The molecule has 2 unspecified atom stereocenters. The van der Waals surface area contributed by atoms with E-state index in [0.29, 0.717) is 6.42 Å². The minimum Gasteiger partial charge on any atom is -0.462 e. The van der Waals surface area contributed by atoms with Crippen LogP contribution in [0, 0.1) is 0 Å². The molecular weight excluding hydrogens is 579 g/mol. The number of phosphoric ester groups is 1. The molecule has 0 fully saturated rings. The number of unbranched alkanes of at least 4 members (excludes halogenated alkanes) is 22. The van der Waals surface area contributed by atoms with Crippen LogP contribution in [-0.4, -0.2) is 42.8 Å². The number of carbonyl (C=O) groups excluding carboxylic acids is 2. The van der Waals surface area contributed by atoms with Crippen molar-refractivity contribution in [3.05, 3.63) is 0 Å². The number of rotatable bonds is 34. The maximum absolute atomic E-state index is 12.4. The zero-order chi connectivity index (χ0) is 32.6. The van der Waals surface area contributed by atoms with Crippen molar-refractivity contribution in [1.29, 1.82) is 0 Å². The summed E-state index contributed by atoms with van der Waals surface area (Å²) in [5, 5.41) is 0. The van der Waals surface area contributed by atoms with E-state index in [4.69, 9.17) is 18.5 Å². The Morgan fingerprint density at radius 1 is 0.523 bits per heavy atom. The normalized spacial score (nSPS) is 13.5. The third-order valence-electron chi connectivity index (χ3n) is 7.91. The van der Waals surface area contributed by atoms with Crippen LogP contribution in [0.2, 0.25) is 0 Å². The number of hydrogen-bond acceptors (Lipinski definition) is 7. The van der Waals surface area contributed by atoms with Gasteiger partial charge in [-0.15, -0.1) is 0 Å². The molecule has 0 aliphatic heterocycles. The van der Waals surface area contributed by atoms with E-state index in [1.807, 2.05) is 0 Å². The van der Waals surface area contributed by atoms with Crippen molar-refractivity contribution in [3.63, 3.8) is 0 Å². The summed E-state index contributed by atoms with van der Waals surface area (Å²) in [6.07, 6.45) is 28.6. The quantitative estimate of drug-likeness (QED) is 0.0417. The lowest BCUT2D eigenvalue weighted by molar-refractivity contribution is -0.161. The minimum absolute atomic E-state index is 0.00518. The van der Waals surface area contributed by atoms with Gasteiger partial charge in [0.15, 0.2) is 6.10 Å². The number of ether oxygens (including phenoxy) is 2. The Balaban J connectivity index is 4.15. The van der Waals surface area contributed by atoms with Gasteiger partial charge in [0, 0.05) is 12.8 Å². The molecule has 0 aromatic carbocycles. The summed E-state index contributed by atoms with van der Waals surface area (Å²) in [5.41, 5.74) is 0. The molecule has 0 aliphatic rings. The van der Waals surface area contributed by atoms with Gasteiger partial charge in [-0.2, -0.15) is 0 Å². The second-order valence-electron chi connectivity index (χ2n) is 12.3. The summed E-state index contributed by atoms with van der Waals surface area (Å²) in [6, 6.07) is 0. The van der Waals surface area contributed by atoms with Crippen LogP contribution in [0.3, 0.4) is 0 Å². The Bertz CT molecular complexity index is 702. The number of phosphoric acid groups is 1. The third-order valence-corrected chi connectivity index (χ3v) is 8.97. The molecular formula is C35H69O8P. The molecule has 44 heavy (non-hydrogen) atoms. The van der Waals surface area contributed by atoms with Gasteiger partial charge in [-0.25, -0.2) is 4.57 Å². The van der Waals surface area contributed by atoms with Crippen LogP contribution in [0.25, 0.3) is 0 Å². The lowest BCUT2D eigenvalue weighted by Gasteiger charge is -2.19. The van der Waals surface area contributed by atoms with Gasteiger partial charge in [-0.05, 0) is 19.8 Å². The van der Waals surface area contributed by atoms with Crippen molar-refractivity contribution in [3.8, 4) is 0 Å². The van der Waals surface area contributed by atoms with Gasteiger partial charge in [0.2, 0.25) is 0 Å². The van der Waals surface area contributed by atoms with Gasteiger partial charge in [-0.1, -0.05) is 155 Å². The predicted molar refractivity (Wildman–Crippen MR) is 180 cm³/mol. The zero-order valence-electron chi connectivity index (χ0n) is 28.8. The van der Waals surface area contributed by atoms with Crippen LogP contribution < -0.4 is 0 Å². The Morgan fingerprint density at radius 3 is 1.27 bits per heavy atom. The average molecular weight is 649 g/mol. The summed E-state index contributed by atoms with van der Waals surface area (Å²) >= 11 is 0. The molecule has 0 radical (unpaired) electrons. The van der Waals surface area contributed by atoms with E-state index < -0.39 is 19.9 Å². The highest BCUT2D eigenvalue weighted by molar-refractivity contribution is 7.47. The van der Waals surface area contributed by atoms with Crippen LogP contribution in [0.1, 0.15) is 188 Å². The molecule has 1 N–H and O–H groups in total. The van der Waals surface area contributed by atoms with Gasteiger partial charge in [0.25, 0.3) is 0 Å². The number of hydrogen-bond donors (Lipinski definition) is 1. The van der Waals surface area contributed by atoms with Crippen molar-refractivity contribution in [2.75, 3.05) is 19.8 Å². The SMILES string of the molecule is CCCCCCCCCCCCCCC(=O)OCC(COP(=O)(O)OCC)OC(=O)CCCCCCCCCCCCCC. The van der Waals surface area contributed by atoms with Crippen LogP contribution in [-0.2, 0) is 32.7 Å². The first-order chi connectivity index (χ1) is 21.3. The second-order valence-corrected chi connectivity index (χ2v) is 13.7. The maximum Gasteiger partial charge on any atom is 0.472 e. The van der Waals surface area contributed by atoms with Gasteiger partial charge in [0.05, 0.1) is 13.2 Å². The molecule has 0 bridgehead atoms. The lowest BCUT2D eigenvalue weighted by atomic mass is 10.0. The minimum atomic E-state index is -4.26. The summed E-state index contributed by atoms with van der Waals surface area (Å²) in [5.74, 6) is -0.789. The maximum atomic E-state index is 12.4. The Hall–Kier alpha value is -0.950. The molecule has 0 aromatic rings. The monoisotopic (exact) mass is 648 g/mol. The van der Waals surface area contributed by atoms with Crippen molar-refractivity contribution in [2.45, 2.75) is 194 Å². The molecule has 262 valence electrons. The molecule has 0 aromatic heterocycles. The van der Waals surface area contributed by atoms with Crippen molar-refractivity contribution in [2.24, 2.45) is 0 Å². The molecule has 0 amide bonds. The van der Waals surface area contributed by atoms with Crippen LogP contribution in [0.4, 0.5) is 0 Å². The summed E-state index contributed by atoms with van der Waals surface area (Å²) < 4.78 is 32.4. The molecule has 9 heteroatoms. The Morgan fingerprint density at radius 2 is 0.886 bits per heavy atom. The molecule has 2 atom stereocenters. The highest BCUT2D eigenvalue weighted by atomic mass is 31.2. The second kappa shape index (κ2) is 32.0. The van der Waals surface area contributed by atoms with Gasteiger partial charge >= 0.3 is 19.8 Å². The number of esters is 2. The van der Waals surface area contributed by atoms with E-state index in [1.165, 1.54) is 116 Å². The summed E-state index contributed by atoms with van der Waals surface area (Å²) in [6.45, 7) is 5.47. The van der Waals surface area contributed by atoms with Crippen LogP contribution in [0.5, 0.6) is 0 Å². The van der Waals surface area contributed by atoms with E-state index >= 15 is 0 Å². The fraction of sp³-hybridized carbons (Fsp3) is 0.943. The van der Waals surface area contributed by atoms with Crippen LogP contribution in [0.15, 0.2) is 0 Å². The van der Waals surface area contributed by atoms with Crippen LogP contribution >= 0.6 is 7.82 Å². The largest absolute Gasteiger partial charge is 0.472 e. The molecule has 0 heterocycles. The van der Waals surface area contributed by atoms with Crippen molar-refractivity contribution in [1.82, 2.24) is 0 Å². The van der Waals surface area contributed by atoms with Gasteiger partial charge < -0.3 is 14.4 Å². The molecule has 0 spiro atoms. The fourth-order valence-electron chi connectivity index (χ4n) is 5.22. The van der Waals surface area contributed by atoms with Gasteiger partial charge in [-0.3, -0.25) is 18.6 Å². The van der Waals surface area contributed by atoms with E-state index in [0.717, 1.165) is 38.5 Å². The van der Waals surface area contributed by atoms with Crippen molar-refractivity contribution >= 4 is 19.8 Å². The first-order valence-corrected chi connectivity index (χ1v) is 19.8. The lowest BCUT2D eigenvalue weighted by Crippen LogP contribution is -2.29. The van der Waals surface area contributed by atoms with E-state index in [-0.39, 0.29) is 32.2 Å². The fourth-order valence-corrected chi connectivity index (χ4v) is 5.97. The first kappa shape index (κ1) is 43.0. The molecule has 0 saturated carbocycles. The standard InChI is InChI=1S/C35H69O8P/c1-4-7-9-11-13-15-17-19-21-23-25-27-29-34(36)40-31-33(32-42-44(38,39)41-6-3)43-35(37)30-28-26-24-22-20-18-16-14-12-10-8-5-2/h33H,4-32H2,1-3H3,(H,38,39). The predicted octanol–water partition coefficient (Wildman–Crippen LogP) is 10.8. The Labute approximate surface area is 270 Å². The molecule has 0 rings (SSSR count). The van der Waals surface area contributed by atoms with E-state index in [9.17, 15) is 19.0 Å². The highest BCUT2D eigenvalue weighted by Gasteiger charge is 2.25. The third kappa shape index (κ3) is 31.0. The molecule has 0 saturated heterocycles. The zero-order valence-corrected chi connectivity index (χ0v) is 29.7. The molecule has 8 nitrogen and oxygen atoms in total. The van der Waals surface area contributed by atoms with E-state index in [1.54, 1.807) is 6.92 Å². The average Bonchev–Trinajstić information content (AvgIpc) is 2.99. The Kier molecular flexibility index (Phi) is 31.3. The summed E-state index contributed by atoms with van der Waals surface area (Å²) in [4.78, 5) is 34.5. The number of carbonyl (C=O) groups is 2. The highest BCUT2D eigenvalue weighted by Crippen LogP contribution is 2.43. The smallest absolute Gasteiger partial charge is 0.462 e. The topological polar surface area (TPSA) is 108 Å².